The summed E-state index contributed by atoms with van der Waals surface area (Å²) in [5.74, 6) is 0.722. The lowest BCUT2D eigenvalue weighted by molar-refractivity contribution is 0.354. The molecule has 0 aromatic heterocycles. The summed E-state index contributed by atoms with van der Waals surface area (Å²) in [6, 6.07) is 8.19. The molecule has 10 heteroatoms. The normalized spacial score (nSPS) is 16.9. The van der Waals surface area contributed by atoms with Crippen molar-refractivity contribution in [1.82, 2.24) is 0 Å². The van der Waals surface area contributed by atoms with Crippen molar-refractivity contribution in [3.05, 3.63) is 42.0 Å². The van der Waals surface area contributed by atoms with Crippen molar-refractivity contribution < 1.29 is 26.3 Å². The van der Waals surface area contributed by atoms with E-state index in [0.29, 0.717) is 29.2 Å². The third kappa shape index (κ3) is 3.35. The molecule has 27 heavy (non-hydrogen) atoms. The van der Waals surface area contributed by atoms with Crippen LogP contribution in [0.1, 0.15) is 12.5 Å². The summed E-state index contributed by atoms with van der Waals surface area (Å²) < 4.78 is 61.3. The summed E-state index contributed by atoms with van der Waals surface area (Å²) in [6.45, 7) is 1.76. The summed E-state index contributed by atoms with van der Waals surface area (Å²) in [4.78, 5) is 0.00851. The van der Waals surface area contributed by atoms with Crippen molar-refractivity contribution in [1.29, 1.82) is 0 Å². The number of sulfonamides is 2. The maximum atomic E-state index is 13.2. The predicted molar refractivity (Wildman–Crippen MR) is 100 cm³/mol. The fourth-order valence-electron chi connectivity index (χ4n) is 3.21. The summed E-state index contributed by atoms with van der Waals surface area (Å²) in [7, 11) is -4.86. The highest BCUT2D eigenvalue weighted by Crippen LogP contribution is 2.39. The highest BCUT2D eigenvalue weighted by Gasteiger charge is 2.37. The van der Waals surface area contributed by atoms with Crippen molar-refractivity contribution in [2.45, 2.75) is 29.2 Å². The molecule has 0 unspecified atom stereocenters. The monoisotopic (exact) mass is 412 g/mol. The first-order valence-electron chi connectivity index (χ1n) is 8.01. The Balaban J connectivity index is 2.09. The van der Waals surface area contributed by atoms with Gasteiger partial charge in [-0.1, -0.05) is 0 Å². The smallest absolute Gasteiger partial charge is 0.264 e. The maximum absolute atomic E-state index is 13.2. The van der Waals surface area contributed by atoms with Gasteiger partial charge < -0.3 is 9.47 Å². The number of benzene rings is 2. The van der Waals surface area contributed by atoms with Crippen molar-refractivity contribution >= 4 is 25.7 Å². The van der Waals surface area contributed by atoms with E-state index < -0.39 is 20.0 Å². The van der Waals surface area contributed by atoms with Gasteiger partial charge in [-0.3, -0.25) is 4.31 Å². The van der Waals surface area contributed by atoms with E-state index in [9.17, 15) is 16.8 Å². The molecule has 1 atom stereocenters. The van der Waals surface area contributed by atoms with Gasteiger partial charge in [-0.2, -0.15) is 0 Å². The number of ether oxygens (including phenoxy) is 2. The minimum Gasteiger partial charge on any atom is -0.493 e. The van der Waals surface area contributed by atoms with E-state index in [2.05, 4.69) is 0 Å². The Morgan fingerprint density at radius 2 is 1.59 bits per heavy atom. The van der Waals surface area contributed by atoms with Crippen molar-refractivity contribution in [3.8, 4) is 11.5 Å². The molecule has 2 aromatic rings. The molecule has 0 fully saturated rings. The molecule has 0 spiro atoms. The fraction of sp³-hybridized carbons (Fsp3) is 0.294. The predicted octanol–water partition coefficient (Wildman–Crippen LogP) is 1.49. The molecule has 2 aromatic carbocycles. The molecule has 8 nitrogen and oxygen atoms in total. The van der Waals surface area contributed by atoms with Crippen LogP contribution in [0.3, 0.4) is 0 Å². The lowest BCUT2D eigenvalue weighted by Crippen LogP contribution is -2.35. The fourth-order valence-corrected chi connectivity index (χ4v) is 5.49. The first kappa shape index (κ1) is 19.5. The van der Waals surface area contributed by atoms with E-state index in [1.165, 1.54) is 54.9 Å². The van der Waals surface area contributed by atoms with Gasteiger partial charge in [0.15, 0.2) is 11.5 Å². The quantitative estimate of drug-likeness (QED) is 0.795. The van der Waals surface area contributed by atoms with Crippen LogP contribution < -0.4 is 18.9 Å². The molecule has 0 amide bonds. The van der Waals surface area contributed by atoms with E-state index >= 15 is 0 Å². The van der Waals surface area contributed by atoms with E-state index in [0.717, 1.165) is 0 Å². The van der Waals surface area contributed by atoms with Gasteiger partial charge in [-0.15, -0.1) is 0 Å². The van der Waals surface area contributed by atoms with Gasteiger partial charge in [0.2, 0.25) is 10.0 Å². The second kappa shape index (κ2) is 6.70. The number of rotatable bonds is 5. The summed E-state index contributed by atoms with van der Waals surface area (Å²) in [6.07, 6.45) is 0.380. The van der Waals surface area contributed by atoms with Gasteiger partial charge in [0, 0.05) is 12.1 Å². The number of nitrogens with zero attached hydrogens (tertiary/aromatic N) is 1. The molecule has 1 aliphatic heterocycles. The molecule has 1 aliphatic rings. The zero-order valence-corrected chi connectivity index (χ0v) is 16.7. The Hall–Kier alpha value is -2.30. The SMILES string of the molecule is COc1ccc(S(=O)(=O)N2c3ccc(S(N)(=O)=O)cc3C[C@@H]2C)cc1OC. The maximum Gasteiger partial charge on any atom is 0.264 e. The van der Waals surface area contributed by atoms with Crippen LogP contribution in [-0.2, 0) is 26.5 Å². The molecule has 0 aliphatic carbocycles. The molecule has 1 heterocycles. The molecule has 2 N–H and O–H groups in total. The molecule has 146 valence electrons. The Morgan fingerprint density at radius 1 is 0.963 bits per heavy atom. The van der Waals surface area contributed by atoms with Crippen LogP contribution in [0.2, 0.25) is 0 Å². The van der Waals surface area contributed by atoms with Gasteiger partial charge in [-0.05, 0) is 49.2 Å². The minimum atomic E-state index is -3.89. The number of hydrogen-bond acceptors (Lipinski definition) is 6. The first-order chi connectivity index (χ1) is 12.6. The molecular formula is C17H20N2O6S2. The van der Waals surface area contributed by atoms with Gasteiger partial charge >= 0.3 is 0 Å². The van der Waals surface area contributed by atoms with Crippen LogP contribution in [0.5, 0.6) is 11.5 Å². The highest BCUT2D eigenvalue weighted by atomic mass is 32.2. The summed E-state index contributed by atoms with van der Waals surface area (Å²) in [5.41, 5.74) is 1.04. The molecule has 0 radical (unpaired) electrons. The van der Waals surface area contributed by atoms with Crippen LogP contribution in [0.4, 0.5) is 5.69 Å². The van der Waals surface area contributed by atoms with Crippen molar-refractivity contribution in [2.24, 2.45) is 5.14 Å². The Bertz CT molecular complexity index is 1100. The van der Waals surface area contributed by atoms with E-state index in [4.69, 9.17) is 14.6 Å². The third-order valence-corrected chi connectivity index (χ3v) is 7.28. The average Bonchev–Trinajstić information content (AvgIpc) is 2.95. The average molecular weight is 412 g/mol. The molecule has 0 saturated carbocycles. The van der Waals surface area contributed by atoms with E-state index in [1.54, 1.807) is 6.92 Å². The molecule has 0 saturated heterocycles. The third-order valence-electron chi connectivity index (χ3n) is 4.44. The Labute approximate surface area is 158 Å². The number of anilines is 1. The molecule has 3 rings (SSSR count). The standard InChI is InChI=1S/C17H20N2O6S2/c1-11-8-12-9-13(26(18,20)21)4-6-15(12)19(11)27(22,23)14-5-7-16(24-2)17(10-14)25-3/h4-7,9-11H,8H2,1-3H3,(H2,18,20,21)/t11-/m0/s1. The Kier molecular flexibility index (Phi) is 4.83. The molecular weight excluding hydrogens is 392 g/mol. The number of primary sulfonamides is 1. The topological polar surface area (TPSA) is 116 Å². The lowest BCUT2D eigenvalue weighted by Gasteiger charge is -2.25. The summed E-state index contributed by atoms with van der Waals surface area (Å²) >= 11 is 0. The van der Waals surface area contributed by atoms with Crippen LogP contribution in [0, 0.1) is 0 Å². The first-order valence-corrected chi connectivity index (χ1v) is 11.0. The zero-order valence-electron chi connectivity index (χ0n) is 15.0. The minimum absolute atomic E-state index is 0.0428. The number of hydrogen-bond donors (Lipinski definition) is 1. The largest absolute Gasteiger partial charge is 0.493 e. The van der Waals surface area contributed by atoms with E-state index in [1.807, 2.05) is 0 Å². The number of fused-ring (bicyclic) bond motifs is 1. The molecule has 0 bridgehead atoms. The number of methoxy groups -OCH3 is 2. The van der Waals surface area contributed by atoms with E-state index in [-0.39, 0.29) is 15.8 Å². The second-order valence-electron chi connectivity index (χ2n) is 6.21. The van der Waals surface area contributed by atoms with Crippen molar-refractivity contribution in [2.75, 3.05) is 18.5 Å². The lowest BCUT2D eigenvalue weighted by atomic mass is 10.1. The second-order valence-corrected chi connectivity index (χ2v) is 9.58. The highest BCUT2D eigenvalue weighted by molar-refractivity contribution is 7.93. The zero-order chi connectivity index (χ0) is 20.0. The van der Waals surface area contributed by atoms with Gasteiger partial charge in [0.05, 0.1) is 29.7 Å². The van der Waals surface area contributed by atoms with Crippen molar-refractivity contribution in [3.63, 3.8) is 0 Å². The van der Waals surface area contributed by atoms with Crippen LogP contribution in [-0.4, -0.2) is 37.1 Å². The summed E-state index contributed by atoms with van der Waals surface area (Å²) in [5, 5.41) is 5.17. The van der Waals surface area contributed by atoms with Gasteiger partial charge in [0.25, 0.3) is 10.0 Å². The van der Waals surface area contributed by atoms with Crippen LogP contribution in [0.25, 0.3) is 0 Å². The Morgan fingerprint density at radius 3 is 2.19 bits per heavy atom. The van der Waals surface area contributed by atoms with Crippen LogP contribution >= 0.6 is 0 Å². The van der Waals surface area contributed by atoms with Gasteiger partial charge in [0.1, 0.15) is 0 Å². The van der Waals surface area contributed by atoms with Crippen LogP contribution in [0.15, 0.2) is 46.2 Å². The van der Waals surface area contributed by atoms with Gasteiger partial charge in [-0.25, -0.2) is 22.0 Å². The number of nitrogens with two attached hydrogens (primary N) is 1.